The van der Waals surface area contributed by atoms with Crippen LogP contribution in [0.1, 0.15) is 67.3 Å². The van der Waals surface area contributed by atoms with Gasteiger partial charge < -0.3 is 20.1 Å². The lowest BCUT2D eigenvalue weighted by Gasteiger charge is -2.34. The molecular formula is C29H36F6O4. The fourth-order valence-corrected chi connectivity index (χ4v) is 4.81. The number of aryl methyl sites for hydroxylation is 2. The Kier molecular flexibility index (Phi) is 10.9. The van der Waals surface area contributed by atoms with E-state index in [4.69, 9.17) is 9.84 Å². The van der Waals surface area contributed by atoms with Gasteiger partial charge in [-0.05, 0) is 73.9 Å². The minimum atomic E-state index is -5.59. The summed E-state index contributed by atoms with van der Waals surface area (Å²) < 4.78 is 83.7. The molecule has 0 heterocycles. The van der Waals surface area contributed by atoms with Crippen LogP contribution in [0.3, 0.4) is 0 Å². The average molecular weight is 563 g/mol. The van der Waals surface area contributed by atoms with Gasteiger partial charge in [0, 0.05) is 17.6 Å². The van der Waals surface area contributed by atoms with Gasteiger partial charge in [0.1, 0.15) is 18.1 Å². The Morgan fingerprint density at radius 1 is 0.897 bits per heavy atom. The molecule has 2 aromatic carbocycles. The van der Waals surface area contributed by atoms with Gasteiger partial charge in [-0.15, -0.1) is 0 Å². The largest absolute Gasteiger partial charge is 0.508 e. The van der Waals surface area contributed by atoms with Gasteiger partial charge in [-0.2, -0.15) is 26.3 Å². The summed E-state index contributed by atoms with van der Waals surface area (Å²) in [5, 5.41) is 29.1. The van der Waals surface area contributed by atoms with Gasteiger partial charge in [-0.3, -0.25) is 0 Å². The van der Waals surface area contributed by atoms with Crippen molar-refractivity contribution >= 4 is 5.76 Å². The number of ether oxygens (including phenoxy) is 1. The minimum Gasteiger partial charge on any atom is -0.508 e. The Morgan fingerprint density at radius 3 is 1.90 bits per heavy atom. The van der Waals surface area contributed by atoms with Gasteiger partial charge in [0.15, 0.2) is 5.92 Å². The van der Waals surface area contributed by atoms with Crippen LogP contribution in [-0.2, 0) is 5.41 Å². The molecule has 10 heteroatoms. The van der Waals surface area contributed by atoms with Crippen LogP contribution in [0.4, 0.5) is 26.3 Å². The molecule has 0 saturated heterocycles. The first-order chi connectivity index (χ1) is 18.1. The fourth-order valence-electron chi connectivity index (χ4n) is 4.81. The monoisotopic (exact) mass is 562 g/mol. The van der Waals surface area contributed by atoms with Crippen LogP contribution in [0.2, 0.25) is 0 Å². The highest BCUT2D eigenvalue weighted by atomic mass is 19.4. The Bertz CT molecular complexity index is 1110. The van der Waals surface area contributed by atoms with E-state index in [0.717, 1.165) is 16.7 Å². The third-order valence-electron chi connectivity index (χ3n) is 7.15. The van der Waals surface area contributed by atoms with Crippen LogP contribution in [0.25, 0.3) is 5.76 Å². The third-order valence-corrected chi connectivity index (χ3v) is 7.15. The lowest BCUT2D eigenvalue weighted by Crippen LogP contribution is -2.35. The van der Waals surface area contributed by atoms with Crippen molar-refractivity contribution in [2.45, 2.75) is 77.2 Å². The molecule has 0 bridgehead atoms. The SMILES string of the molecule is CCC(CC)(c1ccc(OC[C@H](O)CCCO)c(C)c1)c1ccc(/C(O)=C\C(C(F)(F)F)C(F)(F)F)c(C)c1. The number of alkyl halides is 6. The number of hydrogen-bond acceptors (Lipinski definition) is 4. The molecule has 4 nitrogen and oxygen atoms in total. The smallest absolute Gasteiger partial charge is 0.404 e. The number of halogens is 6. The second-order valence-corrected chi connectivity index (χ2v) is 9.74. The van der Waals surface area contributed by atoms with E-state index in [1.54, 1.807) is 18.2 Å². The van der Waals surface area contributed by atoms with Crippen LogP contribution in [0, 0.1) is 19.8 Å². The first kappa shape index (κ1) is 32.5. The van der Waals surface area contributed by atoms with E-state index in [1.165, 1.54) is 13.0 Å². The van der Waals surface area contributed by atoms with Crippen LogP contribution >= 0.6 is 0 Å². The van der Waals surface area contributed by atoms with Gasteiger partial charge in [-0.1, -0.05) is 44.2 Å². The summed E-state index contributed by atoms with van der Waals surface area (Å²) in [6, 6.07) is 10.3. The van der Waals surface area contributed by atoms with Crippen LogP contribution in [0.15, 0.2) is 42.5 Å². The second-order valence-electron chi connectivity index (χ2n) is 9.74. The van der Waals surface area contributed by atoms with E-state index < -0.39 is 35.5 Å². The summed E-state index contributed by atoms with van der Waals surface area (Å²) in [4.78, 5) is 0. The molecule has 0 aliphatic rings. The second kappa shape index (κ2) is 13.1. The maximum Gasteiger partial charge on any atom is 0.404 e. The maximum absolute atomic E-state index is 13.0. The summed E-state index contributed by atoms with van der Waals surface area (Å²) in [6.45, 7) is 7.42. The van der Waals surface area contributed by atoms with Gasteiger partial charge in [0.25, 0.3) is 0 Å². The van der Waals surface area contributed by atoms with Crippen molar-refractivity contribution in [2.24, 2.45) is 5.92 Å². The summed E-state index contributed by atoms with van der Waals surface area (Å²) in [7, 11) is 0. The van der Waals surface area contributed by atoms with E-state index in [0.29, 0.717) is 37.0 Å². The van der Waals surface area contributed by atoms with E-state index >= 15 is 0 Å². The third kappa shape index (κ3) is 7.91. The highest BCUT2D eigenvalue weighted by molar-refractivity contribution is 5.63. The predicted molar refractivity (Wildman–Crippen MR) is 138 cm³/mol. The number of aliphatic hydroxyl groups excluding tert-OH is 3. The zero-order valence-electron chi connectivity index (χ0n) is 22.5. The van der Waals surface area contributed by atoms with Gasteiger partial charge in [-0.25, -0.2) is 0 Å². The topological polar surface area (TPSA) is 69.9 Å². The molecule has 0 saturated carbocycles. The predicted octanol–water partition coefficient (Wildman–Crippen LogP) is 7.56. The highest BCUT2D eigenvalue weighted by Crippen LogP contribution is 2.43. The number of hydrogen-bond donors (Lipinski definition) is 3. The maximum atomic E-state index is 13.0. The normalized spacial score (nSPS) is 14.1. The molecular weight excluding hydrogens is 526 g/mol. The average Bonchev–Trinajstić information content (AvgIpc) is 2.85. The summed E-state index contributed by atoms with van der Waals surface area (Å²) >= 11 is 0. The van der Waals surface area contributed by atoms with Gasteiger partial charge >= 0.3 is 12.4 Å². The molecule has 0 amide bonds. The van der Waals surface area contributed by atoms with E-state index in [1.807, 2.05) is 32.9 Å². The van der Waals surface area contributed by atoms with Crippen molar-refractivity contribution in [3.63, 3.8) is 0 Å². The van der Waals surface area contributed by atoms with Crippen molar-refractivity contribution < 1.29 is 46.4 Å². The first-order valence-electron chi connectivity index (χ1n) is 12.8. The number of benzene rings is 2. The summed E-state index contributed by atoms with van der Waals surface area (Å²) in [5.41, 5.74) is 2.28. The zero-order valence-corrected chi connectivity index (χ0v) is 22.5. The van der Waals surface area contributed by atoms with Crippen molar-refractivity contribution in [2.75, 3.05) is 13.2 Å². The molecule has 0 aromatic heterocycles. The molecule has 0 radical (unpaired) electrons. The number of aliphatic hydroxyl groups is 3. The van der Waals surface area contributed by atoms with Crippen molar-refractivity contribution in [1.82, 2.24) is 0 Å². The Morgan fingerprint density at radius 2 is 1.44 bits per heavy atom. The Hall–Kier alpha value is -2.72. The Balaban J connectivity index is 2.42. The van der Waals surface area contributed by atoms with Crippen LogP contribution in [-0.4, -0.2) is 47.0 Å². The molecule has 0 unspecified atom stereocenters. The zero-order chi connectivity index (χ0) is 29.6. The van der Waals surface area contributed by atoms with E-state index in [2.05, 4.69) is 0 Å². The summed E-state index contributed by atoms with van der Waals surface area (Å²) in [6.07, 6.45) is -9.92. The molecule has 218 valence electrons. The lowest BCUT2D eigenvalue weighted by atomic mass is 9.70. The van der Waals surface area contributed by atoms with Crippen molar-refractivity contribution in [1.29, 1.82) is 0 Å². The molecule has 1 atom stereocenters. The van der Waals surface area contributed by atoms with E-state index in [9.17, 15) is 36.6 Å². The molecule has 2 aromatic rings. The van der Waals surface area contributed by atoms with Gasteiger partial charge in [0.05, 0.1) is 6.10 Å². The summed E-state index contributed by atoms with van der Waals surface area (Å²) in [5.74, 6) is -4.28. The standard InChI is InChI=1S/C29H36F6O4/c1-5-27(6-2,21-10-12-25(19(4)15-21)39-17-22(37)8-7-13-36)20-9-11-23(18(3)14-20)24(38)16-26(28(30,31)32)29(33,34)35/h9-12,14-16,22,26,36-38H,5-8,13,17H2,1-4H3/b24-16+/t22-/m1/s1. The van der Waals surface area contributed by atoms with Crippen LogP contribution < -0.4 is 4.74 Å². The van der Waals surface area contributed by atoms with Crippen molar-refractivity contribution in [3.8, 4) is 5.75 Å². The van der Waals surface area contributed by atoms with Crippen molar-refractivity contribution in [3.05, 3.63) is 70.3 Å². The fraction of sp³-hybridized carbons (Fsp3) is 0.517. The molecule has 2 rings (SSSR count). The minimum absolute atomic E-state index is 0.0150. The number of allylic oxidation sites excluding steroid dienone is 1. The van der Waals surface area contributed by atoms with Crippen LogP contribution in [0.5, 0.6) is 5.75 Å². The van der Waals surface area contributed by atoms with E-state index in [-0.39, 0.29) is 24.9 Å². The molecule has 0 aliphatic heterocycles. The van der Waals surface area contributed by atoms with Gasteiger partial charge in [0.2, 0.25) is 0 Å². The molecule has 0 aliphatic carbocycles. The molecule has 0 spiro atoms. The molecule has 3 N–H and O–H groups in total. The highest BCUT2D eigenvalue weighted by Gasteiger charge is 2.55. The Labute approximate surface area is 224 Å². The molecule has 0 fully saturated rings. The quantitative estimate of drug-likeness (QED) is 0.184. The first-order valence-corrected chi connectivity index (χ1v) is 12.8. The lowest BCUT2D eigenvalue weighted by molar-refractivity contribution is -0.267. The molecule has 39 heavy (non-hydrogen) atoms. The number of rotatable bonds is 12.